The zero-order valence-corrected chi connectivity index (χ0v) is 46.8. The molecule has 0 fully saturated rings. The fraction of sp³-hybridized carbons (Fsp3) is 0.0390. The summed E-state index contributed by atoms with van der Waals surface area (Å²) in [5.74, 6) is 0. The Morgan fingerprint density at radius 2 is 0.800 bits per heavy atom. The van der Waals surface area contributed by atoms with Gasteiger partial charge in [-0.15, -0.1) is 0 Å². The molecule has 0 unspecified atom stereocenters. The summed E-state index contributed by atoms with van der Waals surface area (Å²) in [5.41, 5.74) is 21.9. The summed E-state index contributed by atoms with van der Waals surface area (Å²) in [6.45, 7) is 4.67. The van der Waals surface area contributed by atoms with Crippen LogP contribution in [0.4, 0.5) is 34.1 Å². The van der Waals surface area contributed by atoms with Crippen molar-refractivity contribution in [1.82, 2.24) is 28.7 Å². The minimum atomic E-state index is -0.130. The summed E-state index contributed by atoms with van der Waals surface area (Å²) >= 11 is 0. The lowest BCUT2D eigenvalue weighted by Crippen LogP contribution is -2.30. The molecule has 85 heavy (non-hydrogen) atoms. The van der Waals surface area contributed by atoms with Crippen molar-refractivity contribution in [2.45, 2.75) is 19.3 Å². The second-order valence-corrected chi connectivity index (χ2v) is 22.8. The summed E-state index contributed by atoms with van der Waals surface area (Å²) in [5, 5.41) is 17.6. The van der Waals surface area contributed by atoms with Gasteiger partial charge in [0.25, 0.3) is 0 Å². The van der Waals surface area contributed by atoms with E-state index in [2.05, 4.69) is 323 Å². The van der Waals surface area contributed by atoms with Gasteiger partial charge in [0.2, 0.25) is 0 Å². The molecule has 0 atom stereocenters. The highest BCUT2D eigenvalue weighted by Crippen LogP contribution is 2.52. The van der Waals surface area contributed by atoms with Crippen LogP contribution in [0.5, 0.6) is 0 Å². The second-order valence-electron chi connectivity index (χ2n) is 22.8. The monoisotopic (exact) mass is 1090 g/mol. The van der Waals surface area contributed by atoms with E-state index in [9.17, 15) is 0 Å². The number of para-hydroxylation sites is 6. The molecule has 8 nitrogen and oxygen atoms in total. The molecule has 0 saturated heterocycles. The van der Waals surface area contributed by atoms with Crippen molar-refractivity contribution in [2.75, 3.05) is 9.80 Å². The molecule has 402 valence electrons. The highest BCUT2D eigenvalue weighted by molar-refractivity contribution is 6.19. The molecule has 8 heteroatoms. The van der Waals surface area contributed by atoms with E-state index in [1.54, 1.807) is 0 Å². The molecule has 17 rings (SSSR count). The number of hydrogen-bond donors (Lipinski definition) is 0. The van der Waals surface area contributed by atoms with E-state index in [1.807, 2.05) is 10.7 Å². The standard InChI is InChI=1S/C77H54N8/c1-77(2)67-28-13-16-31-71(67)83(72-32-17-14-29-68(72)77)59-38-42-60(43-39-59)84-69-30-15-12-27-63(69)64-44-33-54-50-81(79-73(54)75(64)84)62-26-18-19-51(47-62)52-35-46-70-66(48-52)65-45-34-53-49-80(55-20-6-3-7-21-55)78-74(53)76(65)85(70)61-40-36-58(37-41-61)82(56-22-8-4-9-23-56)57-24-10-5-11-25-57/h3-50H,1-2H3. The van der Waals surface area contributed by atoms with E-state index in [-0.39, 0.29) is 5.41 Å². The van der Waals surface area contributed by atoms with Gasteiger partial charge in [0.1, 0.15) is 11.0 Å². The van der Waals surface area contributed by atoms with Crippen LogP contribution in [0, 0.1) is 0 Å². The Morgan fingerprint density at radius 3 is 1.42 bits per heavy atom. The van der Waals surface area contributed by atoms with Gasteiger partial charge in [0.05, 0.1) is 44.8 Å². The zero-order chi connectivity index (χ0) is 56.3. The maximum atomic E-state index is 5.49. The van der Waals surface area contributed by atoms with Gasteiger partial charge in [-0.2, -0.15) is 10.2 Å². The summed E-state index contributed by atoms with van der Waals surface area (Å²) in [6, 6.07) is 101. The minimum Gasteiger partial charge on any atom is -0.311 e. The zero-order valence-electron chi connectivity index (χ0n) is 46.8. The maximum Gasteiger partial charge on any atom is 0.117 e. The van der Waals surface area contributed by atoms with Gasteiger partial charge in [0, 0.05) is 84.3 Å². The SMILES string of the molecule is CC1(C)c2ccccc2N(c2ccc(-n3c4ccccc4c4ccc5cn(-c6cccc(-c7ccc8c(c7)c7ccc9cn(-c%10ccccc%10)nc9c7n8-c7ccc(N(c8ccccc8)c8ccccc8)cc7)c6)nc5c43)cc2)c2ccccc21. The van der Waals surface area contributed by atoms with Gasteiger partial charge >= 0.3 is 0 Å². The Bertz CT molecular complexity index is 5170. The highest BCUT2D eigenvalue weighted by atomic mass is 15.3. The molecule has 1 aliphatic heterocycles. The van der Waals surface area contributed by atoms with E-state index in [4.69, 9.17) is 10.2 Å². The van der Waals surface area contributed by atoms with Gasteiger partial charge < -0.3 is 18.9 Å². The molecule has 0 amide bonds. The predicted molar refractivity (Wildman–Crippen MR) is 351 cm³/mol. The average Bonchev–Trinajstić information content (AvgIpc) is 4.52. The third-order valence-electron chi connectivity index (χ3n) is 17.6. The lowest BCUT2D eigenvalue weighted by Gasteiger charge is -2.42. The first-order valence-electron chi connectivity index (χ1n) is 29.1. The van der Waals surface area contributed by atoms with E-state index in [0.717, 1.165) is 111 Å². The molecule has 0 bridgehead atoms. The van der Waals surface area contributed by atoms with Crippen LogP contribution in [0.25, 0.3) is 99.3 Å². The van der Waals surface area contributed by atoms with Crippen molar-refractivity contribution in [2.24, 2.45) is 0 Å². The predicted octanol–water partition coefficient (Wildman–Crippen LogP) is 19.8. The number of aromatic nitrogens is 6. The Hall–Kier alpha value is -11.2. The first-order valence-corrected chi connectivity index (χ1v) is 29.1. The Labute approximate surface area is 491 Å². The van der Waals surface area contributed by atoms with Crippen molar-refractivity contribution < 1.29 is 0 Å². The van der Waals surface area contributed by atoms with Crippen molar-refractivity contribution in [3.63, 3.8) is 0 Å². The van der Waals surface area contributed by atoms with E-state index in [1.165, 1.54) is 33.3 Å². The van der Waals surface area contributed by atoms with Crippen LogP contribution in [0.15, 0.2) is 291 Å². The van der Waals surface area contributed by atoms with Crippen LogP contribution in [-0.4, -0.2) is 28.7 Å². The van der Waals surface area contributed by atoms with Crippen molar-refractivity contribution in [1.29, 1.82) is 0 Å². The van der Waals surface area contributed by atoms with Crippen molar-refractivity contribution >= 4 is 99.5 Å². The Balaban J connectivity index is 0.768. The number of benzene rings is 12. The summed E-state index contributed by atoms with van der Waals surface area (Å²) in [6.07, 6.45) is 4.31. The van der Waals surface area contributed by atoms with Gasteiger partial charge in [-0.1, -0.05) is 166 Å². The minimum absolute atomic E-state index is 0.130. The van der Waals surface area contributed by atoms with Crippen LogP contribution in [0.1, 0.15) is 25.0 Å². The molecule has 1 aliphatic rings. The molecule has 0 aliphatic carbocycles. The van der Waals surface area contributed by atoms with Gasteiger partial charge in [-0.3, -0.25) is 0 Å². The lowest BCUT2D eigenvalue weighted by molar-refractivity contribution is 0.632. The molecule has 16 aromatic rings. The largest absolute Gasteiger partial charge is 0.311 e. The third kappa shape index (κ3) is 7.62. The van der Waals surface area contributed by atoms with Gasteiger partial charge in [0.15, 0.2) is 0 Å². The molecular weight excluding hydrogens is 1040 g/mol. The summed E-state index contributed by atoms with van der Waals surface area (Å²) in [7, 11) is 0. The molecule has 0 radical (unpaired) electrons. The average molecular weight is 1090 g/mol. The lowest BCUT2D eigenvalue weighted by atomic mass is 9.73. The second kappa shape index (κ2) is 18.9. The third-order valence-corrected chi connectivity index (χ3v) is 17.6. The quantitative estimate of drug-likeness (QED) is 0.145. The smallest absolute Gasteiger partial charge is 0.117 e. The number of anilines is 6. The molecule has 12 aromatic carbocycles. The van der Waals surface area contributed by atoms with Crippen LogP contribution >= 0.6 is 0 Å². The fourth-order valence-electron chi connectivity index (χ4n) is 13.6. The summed E-state index contributed by atoms with van der Waals surface area (Å²) in [4.78, 5) is 4.72. The topological polar surface area (TPSA) is 52.0 Å². The van der Waals surface area contributed by atoms with Crippen LogP contribution in [0.2, 0.25) is 0 Å². The molecule has 5 heterocycles. The maximum absolute atomic E-state index is 5.49. The highest BCUT2D eigenvalue weighted by Gasteiger charge is 2.36. The van der Waals surface area contributed by atoms with Gasteiger partial charge in [-0.25, -0.2) is 9.36 Å². The fourth-order valence-corrected chi connectivity index (χ4v) is 13.6. The molecule has 0 spiro atoms. The Kier molecular flexibility index (Phi) is 10.8. The summed E-state index contributed by atoms with van der Waals surface area (Å²) < 4.78 is 8.84. The first-order chi connectivity index (χ1) is 41.9. The van der Waals surface area contributed by atoms with Crippen LogP contribution in [0.3, 0.4) is 0 Å². The Morgan fingerprint density at radius 1 is 0.329 bits per heavy atom. The molecule has 0 N–H and O–H groups in total. The van der Waals surface area contributed by atoms with Crippen LogP contribution in [-0.2, 0) is 5.41 Å². The van der Waals surface area contributed by atoms with E-state index in [0.29, 0.717) is 0 Å². The normalized spacial score (nSPS) is 12.9. The number of fused-ring (bicyclic) bond motifs is 12. The van der Waals surface area contributed by atoms with E-state index >= 15 is 0 Å². The van der Waals surface area contributed by atoms with E-state index < -0.39 is 0 Å². The number of nitrogens with zero attached hydrogens (tertiary/aromatic N) is 8. The molecule has 0 saturated carbocycles. The number of rotatable bonds is 9. The molecular formula is C77H54N8. The van der Waals surface area contributed by atoms with Crippen molar-refractivity contribution in [3.05, 3.63) is 303 Å². The van der Waals surface area contributed by atoms with Gasteiger partial charge in [-0.05, 0) is 150 Å². The first kappa shape index (κ1) is 48.5. The van der Waals surface area contributed by atoms with Crippen LogP contribution < -0.4 is 9.80 Å². The molecule has 4 aromatic heterocycles. The van der Waals surface area contributed by atoms with Crippen molar-refractivity contribution in [3.8, 4) is 33.9 Å². The number of hydrogen-bond acceptors (Lipinski definition) is 4.